The first-order chi connectivity index (χ1) is 20.6. The predicted octanol–water partition coefficient (Wildman–Crippen LogP) is -0.408. The molecule has 0 amide bonds. The summed E-state index contributed by atoms with van der Waals surface area (Å²) < 4.78 is 63.4. The number of hydrogen-bond acceptors (Lipinski definition) is 18. The van der Waals surface area contributed by atoms with Crippen molar-refractivity contribution in [2.24, 2.45) is 0 Å². The fourth-order valence-electron chi connectivity index (χ4n) is 5.18. The van der Waals surface area contributed by atoms with E-state index in [4.69, 9.17) is 39.0 Å². The summed E-state index contributed by atoms with van der Waals surface area (Å²) in [5, 5.41) is 22.2. The zero-order chi connectivity index (χ0) is 30.0. The number of imidazole rings is 2. The normalized spacial score (nSPS) is 37.1. The van der Waals surface area contributed by atoms with Gasteiger partial charge in [0.15, 0.2) is 35.4 Å². The number of nitrogen functional groups attached to an aromatic ring is 2. The second kappa shape index (κ2) is 11.0. The van der Waals surface area contributed by atoms with Gasteiger partial charge in [-0.3, -0.25) is 22.7 Å². The summed E-state index contributed by atoms with van der Waals surface area (Å²) >= 11 is 4.10. The van der Waals surface area contributed by atoms with Crippen LogP contribution in [0.25, 0.3) is 22.3 Å². The summed E-state index contributed by atoms with van der Waals surface area (Å²) in [4.78, 5) is 24.5. The van der Waals surface area contributed by atoms with Gasteiger partial charge in [-0.15, -0.1) is 0 Å². The Balaban J connectivity index is 1.18. The molecule has 1 unspecified atom stereocenters. The number of fused-ring (bicyclic) bond motifs is 5. The molecule has 43 heavy (non-hydrogen) atoms. The minimum absolute atomic E-state index is 0.104. The zero-order valence-electron chi connectivity index (χ0n) is 21.6. The Bertz CT molecular complexity index is 1760. The number of rotatable bonds is 2. The van der Waals surface area contributed by atoms with Gasteiger partial charge in [-0.25, -0.2) is 34.5 Å². The zero-order valence-corrected chi connectivity index (χ0v) is 24.4. The molecule has 3 saturated heterocycles. The van der Waals surface area contributed by atoms with Crippen molar-refractivity contribution in [3.63, 3.8) is 0 Å². The maximum Gasteiger partial charge on any atom is 0.386 e. The molecular weight excluding hydrogens is 634 g/mol. The summed E-state index contributed by atoms with van der Waals surface area (Å²) in [6, 6.07) is 0. The third-order valence-corrected chi connectivity index (χ3v) is 9.68. The van der Waals surface area contributed by atoms with Crippen molar-refractivity contribution in [3.05, 3.63) is 25.3 Å². The molecule has 0 radical (unpaired) electrons. The molecule has 23 heteroatoms. The van der Waals surface area contributed by atoms with Crippen molar-refractivity contribution in [1.82, 2.24) is 39.0 Å². The van der Waals surface area contributed by atoms with Crippen LogP contribution >= 0.6 is 27.3 Å². The van der Waals surface area contributed by atoms with Gasteiger partial charge in [0.25, 0.3) is 0 Å². The van der Waals surface area contributed by atoms with Gasteiger partial charge in [0, 0.05) is 0 Å². The molecule has 7 heterocycles. The first-order valence-electron chi connectivity index (χ1n) is 12.6. The van der Waals surface area contributed by atoms with Gasteiger partial charge in [0.1, 0.15) is 60.3 Å². The van der Waals surface area contributed by atoms with E-state index in [0.29, 0.717) is 0 Å². The highest BCUT2D eigenvalue weighted by atomic mass is 32.7. The summed E-state index contributed by atoms with van der Waals surface area (Å²) in [5.74, 6) is 0.217. The standard InChI is InChI=1S/C20H24N10O10P2S/c21-15-9-17(25-3-23-15)29(5-27-9)19-12(32)13-8(38-19)2-36-42(34,43)40-14-11(31)7(1-35-41(33)39-13)37-20(14)30-6-28-10-16(22)24-4-26-18(10)30/h3-8,11-14,19-20,31-32,41H,1-2H2,(H,34,43)(H2,21,23,25)(H2,22,24,26)/t7-,8-,11-,12-,13-,14-,19-,20-,42-/m1/s1. The van der Waals surface area contributed by atoms with E-state index in [1.165, 1.54) is 34.4 Å². The van der Waals surface area contributed by atoms with E-state index < -0.39 is 77.3 Å². The molecule has 7 rings (SSSR count). The largest absolute Gasteiger partial charge is 0.387 e. The highest BCUT2D eigenvalue weighted by Crippen LogP contribution is 2.57. The van der Waals surface area contributed by atoms with E-state index in [-0.39, 0.29) is 34.0 Å². The Morgan fingerprint density at radius 3 is 2.12 bits per heavy atom. The molecule has 4 aromatic rings. The molecule has 0 spiro atoms. The quantitative estimate of drug-likeness (QED) is 0.135. The van der Waals surface area contributed by atoms with E-state index in [1.54, 1.807) is 0 Å². The van der Waals surface area contributed by atoms with Crippen LogP contribution in [0.3, 0.4) is 0 Å². The highest BCUT2D eigenvalue weighted by Gasteiger charge is 2.52. The maximum absolute atomic E-state index is 13.5. The third-order valence-electron chi connectivity index (χ3n) is 7.20. The molecule has 20 nitrogen and oxygen atoms in total. The Kier molecular flexibility index (Phi) is 7.38. The van der Waals surface area contributed by atoms with Gasteiger partial charge in [0.2, 0.25) is 0 Å². The van der Waals surface area contributed by atoms with Gasteiger partial charge >= 0.3 is 15.1 Å². The fraction of sp³-hybridized carbons (Fsp3) is 0.500. The second-order valence-electron chi connectivity index (χ2n) is 9.76. The molecule has 0 aromatic carbocycles. The van der Waals surface area contributed by atoms with Crippen molar-refractivity contribution in [3.8, 4) is 0 Å². The maximum atomic E-state index is 13.5. The number of hydrogen-bond donors (Lipinski definition) is 5. The molecular formula is C20H24N10O10P2S. The molecule has 6 N–H and O–H groups in total. The number of aliphatic hydroxyl groups is 2. The van der Waals surface area contributed by atoms with E-state index in [0.717, 1.165) is 0 Å². The molecule has 0 aliphatic carbocycles. The SMILES string of the molecule is Nc1ncnc2c1ncn2[C@@H]1O[C@@H]2CO[P@@](=O)(S)O[C@@H]3[C@H](O)[C@@H](CO[PH](=O)O[C@H]2[C@H]1O)O[C@H]3n1cnc2c(N)ncnc21. The Labute approximate surface area is 246 Å². The van der Waals surface area contributed by atoms with Crippen LogP contribution in [0, 0.1) is 0 Å². The third kappa shape index (κ3) is 5.09. The van der Waals surface area contributed by atoms with E-state index in [2.05, 4.69) is 42.2 Å². The number of aliphatic hydroxyl groups excluding tert-OH is 2. The summed E-state index contributed by atoms with van der Waals surface area (Å²) in [6.07, 6.45) is -5.06. The topological polar surface area (TPSA) is 269 Å². The minimum Gasteiger partial charge on any atom is -0.387 e. The minimum atomic E-state index is -4.28. The molecule has 3 fully saturated rings. The number of nitrogens with zero attached hydrogens (tertiary/aromatic N) is 8. The lowest BCUT2D eigenvalue weighted by molar-refractivity contribution is -0.0572. The van der Waals surface area contributed by atoms with Crippen molar-refractivity contribution in [2.75, 3.05) is 24.7 Å². The summed E-state index contributed by atoms with van der Waals surface area (Å²) in [7, 11) is -3.33. The number of aromatic nitrogens is 8. The lowest BCUT2D eigenvalue weighted by atomic mass is 10.1. The fourth-order valence-corrected chi connectivity index (χ4v) is 7.52. The predicted molar refractivity (Wildman–Crippen MR) is 147 cm³/mol. The van der Waals surface area contributed by atoms with Crippen molar-refractivity contribution >= 4 is 61.3 Å². The number of thiol groups is 1. The van der Waals surface area contributed by atoms with Crippen molar-refractivity contribution < 1.29 is 46.9 Å². The molecule has 10 atom stereocenters. The number of ether oxygens (including phenoxy) is 2. The average molecular weight is 658 g/mol. The summed E-state index contributed by atoms with van der Waals surface area (Å²) in [6.45, 7) is -5.22. The van der Waals surface area contributed by atoms with Crippen LogP contribution in [0.1, 0.15) is 12.5 Å². The Morgan fingerprint density at radius 2 is 1.47 bits per heavy atom. The van der Waals surface area contributed by atoms with Crippen LogP contribution in [-0.2, 0) is 36.7 Å². The second-order valence-corrected chi connectivity index (χ2v) is 13.7. The van der Waals surface area contributed by atoms with Crippen LogP contribution in [0.2, 0.25) is 0 Å². The Hall–Kier alpha value is -2.81. The molecule has 0 saturated carbocycles. The monoisotopic (exact) mass is 658 g/mol. The van der Waals surface area contributed by atoms with Gasteiger partial charge in [-0.1, -0.05) is 12.2 Å². The first kappa shape index (κ1) is 28.9. The highest BCUT2D eigenvalue weighted by molar-refractivity contribution is 8.44. The molecule has 4 aromatic heterocycles. The first-order valence-corrected chi connectivity index (χ1v) is 16.6. The van der Waals surface area contributed by atoms with Crippen LogP contribution in [-0.4, -0.2) is 99.1 Å². The smallest absolute Gasteiger partial charge is 0.386 e. The number of anilines is 2. The lowest BCUT2D eigenvalue weighted by Gasteiger charge is -2.25. The molecule has 230 valence electrons. The van der Waals surface area contributed by atoms with Crippen LogP contribution in [0.15, 0.2) is 25.3 Å². The van der Waals surface area contributed by atoms with Crippen LogP contribution in [0.4, 0.5) is 11.6 Å². The van der Waals surface area contributed by atoms with Crippen LogP contribution in [0.5, 0.6) is 0 Å². The Morgan fingerprint density at radius 1 is 0.860 bits per heavy atom. The number of nitrogens with two attached hydrogens (primary N) is 2. The van der Waals surface area contributed by atoms with Crippen molar-refractivity contribution in [1.29, 1.82) is 0 Å². The van der Waals surface area contributed by atoms with Gasteiger partial charge in [-0.2, -0.15) is 0 Å². The molecule has 3 aliphatic rings. The van der Waals surface area contributed by atoms with Crippen molar-refractivity contribution in [2.45, 2.75) is 49.1 Å². The van der Waals surface area contributed by atoms with E-state index in [1.807, 2.05) is 0 Å². The van der Waals surface area contributed by atoms with E-state index >= 15 is 0 Å². The molecule has 3 aliphatic heterocycles. The van der Waals surface area contributed by atoms with Gasteiger partial charge in [-0.05, 0) is 0 Å². The lowest BCUT2D eigenvalue weighted by Crippen LogP contribution is -2.35. The van der Waals surface area contributed by atoms with E-state index in [9.17, 15) is 19.3 Å². The van der Waals surface area contributed by atoms with Gasteiger partial charge < -0.3 is 40.2 Å². The summed E-state index contributed by atoms with van der Waals surface area (Å²) in [5.41, 5.74) is 12.8. The average Bonchev–Trinajstić information content (AvgIpc) is 3.73. The molecule has 2 bridgehead atoms. The van der Waals surface area contributed by atoms with Crippen LogP contribution < -0.4 is 11.5 Å². The van der Waals surface area contributed by atoms with Gasteiger partial charge in [0.05, 0.1) is 25.9 Å².